The Bertz CT molecular complexity index is 1320. The van der Waals surface area contributed by atoms with Crippen LogP contribution in [0.15, 0.2) is 54.2 Å². The average Bonchev–Trinajstić information content (AvgIpc) is 3.48. The molecule has 0 unspecified atom stereocenters. The largest absolute Gasteiger partial charge is 0.297 e. The molecule has 5 rings (SSSR count). The topological polar surface area (TPSA) is 114 Å². The Kier molecular flexibility index (Phi) is 4.10. The van der Waals surface area contributed by atoms with Gasteiger partial charge in [-0.3, -0.25) is 10.1 Å². The maximum atomic E-state index is 12.5. The molecule has 3 heterocycles. The van der Waals surface area contributed by atoms with Crippen molar-refractivity contribution in [3.05, 3.63) is 65.8 Å². The monoisotopic (exact) mass is 402 g/mol. The van der Waals surface area contributed by atoms with Crippen LogP contribution in [-0.2, 0) is 0 Å². The first-order valence-corrected chi connectivity index (χ1v) is 9.61. The molecule has 0 aliphatic heterocycles. The normalized spacial score (nSPS) is 11.1. The molecule has 0 atom stereocenters. The lowest BCUT2D eigenvalue weighted by Crippen LogP contribution is -2.14. The second kappa shape index (κ2) is 6.91. The number of H-pyrrole nitrogens is 1. The van der Waals surface area contributed by atoms with Gasteiger partial charge in [0.15, 0.2) is 5.13 Å². The van der Waals surface area contributed by atoms with Gasteiger partial charge in [0.2, 0.25) is 11.8 Å². The van der Waals surface area contributed by atoms with Crippen LogP contribution < -0.4 is 5.32 Å². The van der Waals surface area contributed by atoms with Gasteiger partial charge in [-0.05, 0) is 23.8 Å². The first-order valence-electron chi connectivity index (χ1n) is 8.73. The van der Waals surface area contributed by atoms with E-state index in [4.69, 9.17) is 0 Å². The summed E-state index contributed by atoms with van der Waals surface area (Å²) in [5.74, 6) is 0.497. The molecule has 10 heteroatoms. The first-order chi connectivity index (χ1) is 14.2. The van der Waals surface area contributed by atoms with E-state index < -0.39 is 5.91 Å². The minimum Gasteiger partial charge on any atom is -0.295 e. The van der Waals surface area contributed by atoms with Crippen molar-refractivity contribution in [3.8, 4) is 17.2 Å². The number of hydrogen-bond acceptors (Lipinski definition) is 7. The highest BCUT2D eigenvalue weighted by Gasteiger charge is 2.18. The minimum atomic E-state index is -0.439. The van der Waals surface area contributed by atoms with Crippen molar-refractivity contribution in [2.24, 2.45) is 0 Å². The van der Waals surface area contributed by atoms with Gasteiger partial charge in [-0.1, -0.05) is 36.4 Å². The smallest absolute Gasteiger partial charge is 0.295 e. The molecule has 5 aromatic rings. The SMILES string of the molecule is Cc1nc(C(=O)Nc2nc(-c3ccc4ccccc4c3)cs2)nn1-c1ncn[nH]1. The van der Waals surface area contributed by atoms with Gasteiger partial charge in [0.05, 0.1) is 5.69 Å². The number of thiazole rings is 1. The Morgan fingerprint density at radius 1 is 1.14 bits per heavy atom. The summed E-state index contributed by atoms with van der Waals surface area (Å²) >= 11 is 1.35. The zero-order chi connectivity index (χ0) is 19.8. The number of carbonyl (C=O) groups is 1. The molecule has 0 aliphatic rings. The van der Waals surface area contributed by atoms with E-state index in [0.717, 1.165) is 16.6 Å². The molecule has 142 valence electrons. The summed E-state index contributed by atoms with van der Waals surface area (Å²) in [6.45, 7) is 1.73. The van der Waals surface area contributed by atoms with Crippen LogP contribution in [0.5, 0.6) is 0 Å². The van der Waals surface area contributed by atoms with Crippen LogP contribution in [0.3, 0.4) is 0 Å². The summed E-state index contributed by atoms with van der Waals surface area (Å²) < 4.78 is 1.42. The third-order valence-corrected chi connectivity index (χ3v) is 5.10. The number of benzene rings is 2. The van der Waals surface area contributed by atoms with E-state index in [2.05, 4.69) is 59.8 Å². The molecule has 0 spiro atoms. The Morgan fingerprint density at radius 3 is 2.83 bits per heavy atom. The predicted molar refractivity (Wildman–Crippen MR) is 109 cm³/mol. The number of anilines is 1. The third-order valence-electron chi connectivity index (χ3n) is 4.34. The summed E-state index contributed by atoms with van der Waals surface area (Å²) in [6, 6.07) is 14.3. The fourth-order valence-corrected chi connectivity index (χ4v) is 3.67. The molecular formula is C19H14N8OS. The fraction of sp³-hybridized carbons (Fsp3) is 0.0526. The van der Waals surface area contributed by atoms with Crippen LogP contribution in [0.2, 0.25) is 0 Å². The molecule has 0 saturated heterocycles. The van der Waals surface area contributed by atoms with Gasteiger partial charge < -0.3 is 0 Å². The van der Waals surface area contributed by atoms with Crippen LogP contribution in [0, 0.1) is 6.92 Å². The minimum absolute atomic E-state index is 0.0290. The van der Waals surface area contributed by atoms with Crippen LogP contribution in [0.4, 0.5) is 5.13 Å². The summed E-state index contributed by atoms with van der Waals surface area (Å²) in [5, 5.41) is 18.1. The van der Waals surface area contributed by atoms with Gasteiger partial charge >= 0.3 is 0 Å². The highest BCUT2D eigenvalue weighted by molar-refractivity contribution is 7.14. The van der Waals surface area contributed by atoms with E-state index in [1.165, 1.54) is 27.7 Å². The third kappa shape index (κ3) is 3.25. The Balaban J connectivity index is 1.37. The lowest BCUT2D eigenvalue weighted by Gasteiger charge is -2.01. The van der Waals surface area contributed by atoms with E-state index in [9.17, 15) is 4.79 Å². The van der Waals surface area contributed by atoms with Gasteiger partial charge in [-0.2, -0.15) is 14.8 Å². The molecule has 29 heavy (non-hydrogen) atoms. The summed E-state index contributed by atoms with van der Waals surface area (Å²) in [7, 11) is 0. The summed E-state index contributed by atoms with van der Waals surface area (Å²) in [5.41, 5.74) is 1.79. The van der Waals surface area contributed by atoms with Gasteiger partial charge in [-0.15, -0.1) is 16.4 Å². The van der Waals surface area contributed by atoms with Gasteiger partial charge in [0, 0.05) is 10.9 Å². The van der Waals surface area contributed by atoms with Crippen LogP contribution in [0.1, 0.15) is 16.4 Å². The van der Waals surface area contributed by atoms with Crippen molar-refractivity contribution in [1.82, 2.24) is 34.9 Å². The van der Waals surface area contributed by atoms with Crippen molar-refractivity contribution in [3.63, 3.8) is 0 Å². The second-order valence-electron chi connectivity index (χ2n) is 6.26. The van der Waals surface area contributed by atoms with Crippen molar-refractivity contribution in [1.29, 1.82) is 0 Å². The van der Waals surface area contributed by atoms with E-state index in [0.29, 0.717) is 16.9 Å². The van der Waals surface area contributed by atoms with Gasteiger partial charge in [-0.25, -0.2) is 15.1 Å². The Labute approximate surface area is 168 Å². The van der Waals surface area contributed by atoms with Crippen LogP contribution in [0.25, 0.3) is 28.0 Å². The maximum Gasteiger partial charge on any atom is 0.297 e. The lowest BCUT2D eigenvalue weighted by atomic mass is 10.1. The molecular weight excluding hydrogens is 388 g/mol. The molecule has 0 saturated carbocycles. The number of aryl methyl sites for hydroxylation is 1. The van der Waals surface area contributed by atoms with Gasteiger partial charge in [0.25, 0.3) is 5.91 Å². The zero-order valence-electron chi connectivity index (χ0n) is 15.2. The lowest BCUT2D eigenvalue weighted by molar-refractivity contribution is 0.101. The maximum absolute atomic E-state index is 12.5. The number of amides is 1. The first kappa shape index (κ1) is 17.2. The predicted octanol–water partition coefficient (Wildman–Crippen LogP) is 3.22. The highest BCUT2D eigenvalue weighted by Crippen LogP contribution is 2.28. The number of nitrogens with zero attached hydrogens (tertiary/aromatic N) is 6. The molecule has 1 amide bonds. The van der Waals surface area contributed by atoms with E-state index in [-0.39, 0.29) is 5.82 Å². The molecule has 0 aliphatic carbocycles. The quantitative estimate of drug-likeness (QED) is 0.477. The van der Waals surface area contributed by atoms with Gasteiger partial charge in [0.1, 0.15) is 12.2 Å². The molecule has 0 bridgehead atoms. The van der Waals surface area contributed by atoms with Crippen molar-refractivity contribution >= 4 is 33.1 Å². The highest BCUT2D eigenvalue weighted by atomic mass is 32.1. The average molecular weight is 402 g/mol. The molecule has 0 fully saturated rings. The number of aromatic nitrogens is 7. The second-order valence-corrected chi connectivity index (χ2v) is 7.12. The number of rotatable bonds is 4. The number of fused-ring (bicyclic) bond motifs is 1. The fourth-order valence-electron chi connectivity index (χ4n) is 2.95. The van der Waals surface area contributed by atoms with Crippen LogP contribution >= 0.6 is 11.3 Å². The van der Waals surface area contributed by atoms with Crippen molar-refractivity contribution < 1.29 is 4.79 Å². The Hall–Kier alpha value is -3.92. The van der Waals surface area contributed by atoms with E-state index in [1.54, 1.807) is 6.92 Å². The number of hydrogen-bond donors (Lipinski definition) is 2. The van der Waals surface area contributed by atoms with Crippen molar-refractivity contribution in [2.45, 2.75) is 6.92 Å². The standard InChI is InChI=1S/C19H14N8OS/c1-11-22-16(26-27(11)18-20-10-21-25-18)17(28)24-19-23-15(9-29-19)14-7-6-12-4-2-3-5-13(12)8-14/h2-10H,1H3,(H,20,21,25)(H,23,24,28). The molecule has 2 N–H and O–H groups in total. The molecule has 3 aromatic heterocycles. The molecule has 0 radical (unpaired) electrons. The van der Waals surface area contributed by atoms with E-state index in [1.807, 2.05) is 23.6 Å². The Morgan fingerprint density at radius 2 is 2.00 bits per heavy atom. The number of carbonyl (C=O) groups excluding carboxylic acids is 1. The zero-order valence-corrected chi connectivity index (χ0v) is 16.0. The summed E-state index contributed by atoms with van der Waals surface area (Å²) in [6.07, 6.45) is 1.36. The summed E-state index contributed by atoms with van der Waals surface area (Å²) in [4.78, 5) is 25.3. The van der Waals surface area contributed by atoms with Crippen LogP contribution in [-0.4, -0.2) is 40.8 Å². The van der Waals surface area contributed by atoms with E-state index >= 15 is 0 Å². The van der Waals surface area contributed by atoms with Crippen molar-refractivity contribution in [2.75, 3.05) is 5.32 Å². The number of nitrogens with one attached hydrogen (secondary N) is 2. The number of aromatic amines is 1. The molecule has 9 nitrogen and oxygen atoms in total. The molecule has 2 aromatic carbocycles.